The van der Waals surface area contributed by atoms with Gasteiger partial charge < -0.3 is 19.5 Å². The van der Waals surface area contributed by atoms with E-state index in [9.17, 15) is 15.2 Å². The summed E-state index contributed by atoms with van der Waals surface area (Å²) in [4.78, 5) is 12.8. The van der Waals surface area contributed by atoms with Gasteiger partial charge in [0.2, 0.25) is 0 Å². The number of hydrogen-bond donors (Lipinski definition) is 1. The maximum absolute atomic E-state index is 11.0. The molecule has 1 spiro atoms. The number of aliphatic hydroxyl groups excluding tert-OH is 1. The second kappa shape index (κ2) is 8.41. The Morgan fingerprint density at radius 1 is 1.33 bits per heavy atom. The van der Waals surface area contributed by atoms with Crippen molar-refractivity contribution in [3.05, 3.63) is 62.7 Å². The number of fused-ring (bicyclic) bond motifs is 1. The van der Waals surface area contributed by atoms with Crippen LogP contribution in [0.25, 0.3) is 0 Å². The highest BCUT2D eigenvalue weighted by Crippen LogP contribution is 2.42. The van der Waals surface area contributed by atoms with E-state index in [1.165, 1.54) is 6.07 Å². The zero-order valence-electron chi connectivity index (χ0n) is 16.8. The summed E-state index contributed by atoms with van der Waals surface area (Å²) in [6.45, 7) is 3.88. The van der Waals surface area contributed by atoms with Gasteiger partial charge in [-0.25, -0.2) is 0 Å². The van der Waals surface area contributed by atoms with Gasteiger partial charge in [0.05, 0.1) is 10.5 Å². The van der Waals surface area contributed by atoms with Gasteiger partial charge in [0.1, 0.15) is 29.8 Å². The van der Waals surface area contributed by atoms with Crippen LogP contribution in [0.15, 0.2) is 36.4 Å². The van der Waals surface area contributed by atoms with E-state index in [-0.39, 0.29) is 17.9 Å². The summed E-state index contributed by atoms with van der Waals surface area (Å²) in [5.41, 5.74) is 1.47. The van der Waals surface area contributed by atoms with Crippen LogP contribution in [-0.2, 0) is 6.42 Å². The van der Waals surface area contributed by atoms with E-state index in [4.69, 9.17) is 21.1 Å². The van der Waals surface area contributed by atoms with Crippen molar-refractivity contribution in [2.75, 3.05) is 26.2 Å². The van der Waals surface area contributed by atoms with Crippen molar-refractivity contribution in [1.29, 1.82) is 0 Å². The van der Waals surface area contributed by atoms with Gasteiger partial charge in [0.25, 0.3) is 5.69 Å². The largest absolute Gasteiger partial charge is 0.490 e. The van der Waals surface area contributed by atoms with E-state index in [0.29, 0.717) is 17.9 Å². The van der Waals surface area contributed by atoms with E-state index in [2.05, 4.69) is 4.90 Å². The van der Waals surface area contributed by atoms with Gasteiger partial charge >= 0.3 is 0 Å². The van der Waals surface area contributed by atoms with Gasteiger partial charge in [-0.1, -0.05) is 17.7 Å². The van der Waals surface area contributed by atoms with Crippen molar-refractivity contribution in [3.8, 4) is 11.5 Å². The van der Waals surface area contributed by atoms with Crippen LogP contribution in [0.3, 0.4) is 0 Å². The summed E-state index contributed by atoms with van der Waals surface area (Å²) in [6, 6.07) is 10.5. The lowest BCUT2D eigenvalue weighted by molar-refractivity contribution is -0.385. The van der Waals surface area contributed by atoms with Crippen LogP contribution in [-0.4, -0.2) is 52.9 Å². The minimum atomic E-state index is -0.682. The Labute approximate surface area is 180 Å². The number of halogens is 1. The molecule has 0 aromatic heterocycles. The third-order valence-corrected chi connectivity index (χ3v) is 6.22. The number of nitro groups is 1. The number of likely N-dealkylation sites (tertiary alicyclic amines) is 1. The van der Waals surface area contributed by atoms with Crippen molar-refractivity contribution >= 4 is 17.3 Å². The molecule has 30 heavy (non-hydrogen) atoms. The maximum atomic E-state index is 11.0. The summed E-state index contributed by atoms with van der Waals surface area (Å²) in [7, 11) is 0. The molecule has 1 saturated heterocycles. The molecule has 2 aliphatic heterocycles. The second-order valence-corrected chi connectivity index (χ2v) is 8.57. The van der Waals surface area contributed by atoms with Gasteiger partial charge in [-0.3, -0.25) is 10.1 Å². The number of nitro benzene ring substituents is 1. The molecule has 160 valence electrons. The third-order valence-electron chi connectivity index (χ3n) is 5.98. The van der Waals surface area contributed by atoms with Crippen LogP contribution in [0.2, 0.25) is 5.02 Å². The number of piperidine rings is 1. The average molecular weight is 433 g/mol. The molecule has 2 aromatic carbocycles. The normalized spacial score (nSPS) is 18.6. The van der Waals surface area contributed by atoms with Gasteiger partial charge in [0, 0.05) is 50.0 Å². The predicted molar refractivity (Wildman–Crippen MR) is 114 cm³/mol. The molecule has 4 rings (SSSR count). The minimum Gasteiger partial charge on any atom is -0.490 e. The third kappa shape index (κ3) is 4.38. The quantitative estimate of drug-likeness (QED) is 0.552. The van der Waals surface area contributed by atoms with Gasteiger partial charge in [-0.2, -0.15) is 0 Å². The highest BCUT2D eigenvalue weighted by molar-refractivity contribution is 6.30. The van der Waals surface area contributed by atoms with E-state index >= 15 is 0 Å². The topological polar surface area (TPSA) is 85.1 Å². The van der Waals surface area contributed by atoms with E-state index in [0.717, 1.165) is 48.7 Å². The first-order valence-corrected chi connectivity index (χ1v) is 10.5. The second-order valence-electron chi connectivity index (χ2n) is 8.14. The lowest BCUT2D eigenvalue weighted by atomic mass is 9.87. The van der Waals surface area contributed by atoms with Crippen LogP contribution >= 0.6 is 11.6 Å². The average Bonchev–Trinajstić information content (AvgIpc) is 3.06. The van der Waals surface area contributed by atoms with E-state index in [1.54, 1.807) is 19.1 Å². The first-order valence-electron chi connectivity index (χ1n) is 10.1. The standard InChI is InChI=1S/C22H25ClN2O5/c1-15-19(25(27)28)3-2-4-20(15)29-14-18(26)13-24-9-7-22(8-10-24)12-16-11-17(23)5-6-21(16)30-22/h2-6,11,18,26H,7-10,12-14H2,1H3/t18-/m0/s1. The van der Waals surface area contributed by atoms with E-state index in [1.807, 2.05) is 18.2 Å². The number of nitrogens with zero attached hydrogens (tertiary/aromatic N) is 2. The Kier molecular flexibility index (Phi) is 5.86. The SMILES string of the molecule is Cc1c(OC[C@@H](O)CN2CCC3(CC2)Cc2cc(Cl)ccc2O3)cccc1[N+](=O)[O-]. The first kappa shape index (κ1) is 20.9. The van der Waals surface area contributed by atoms with Crippen LogP contribution < -0.4 is 9.47 Å². The van der Waals surface area contributed by atoms with E-state index < -0.39 is 11.0 Å². The lowest BCUT2D eigenvalue weighted by Crippen LogP contribution is -2.49. The number of rotatable bonds is 6. The Hall–Kier alpha value is -2.35. The molecule has 0 unspecified atom stereocenters. The number of hydrogen-bond acceptors (Lipinski definition) is 6. The number of β-amino-alcohol motifs (C(OH)–C–C–N with tert-alkyl or cyclic N) is 1. The molecule has 1 atom stereocenters. The summed E-state index contributed by atoms with van der Waals surface area (Å²) in [5, 5.41) is 22.2. The summed E-state index contributed by atoms with van der Waals surface area (Å²) >= 11 is 6.10. The molecule has 0 amide bonds. The predicted octanol–water partition coefficient (Wildman–Crippen LogP) is 3.77. The molecule has 1 fully saturated rings. The minimum absolute atomic E-state index is 0.0159. The molecule has 2 heterocycles. The van der Waals surface area contributed by atoms with Gasteiger partial charge in [-0.15, -0.1) is 0 Å². The Bertz CT molecular complexity index is 943. The Morgan fingerprint density at radius 3 is 2.83 bits per heavy atom. The molecule has 8 heteroatoms. The van der Waals surface area contributed by atoms with Crippen LogP contribution in [0.1, 0.15) is 24.0 Å². The molecule has 0 bridgehead atoms. The van der Waals surface area contributed by atoms with Crippen molar-refractivity contribution in [2.24, 2.45) is 0 Å². The number of aliphatic hydroxyl groups is 1. The maximum Gasteiger partial charge on any atom is 0.276 e. The fraction of sp³-hybridized carbons (Fsp3) is 0.455. The van der Waals surface area contributed by atoms with Gasteiger partial charge in [0.15, 0.2) is 0 Å². The molecular formula is C22H25ClN2O5. The molecular weight excluding hydrogens is 408 g/mol. The highest BCUT2D eigenvalue weighted by Gasteiger charge is 2.42. The number of ether oxygens (including phenoxy) is 2. The Balaban J connectivity index is 1.27. The Morgan fingerprint density at radius 2 is 2.10 bits per heavy atom. The summed E-state index contributed by atoms with van der Waals surface area (Å²) in [6.07, 6.45) is 1.96. The zero-order chi connectivity index (χ0) is 21.3. The summed E-state index contributed by atoms with van der Waals surface area (Å²) < 4.78 is 11.9. The molecule has 1 N–H and O–H groups in total. The molecule has 2 aliphatic rings. The molecule has 7 nitrogen and oxygen atoms in total. The fourth-order valence-electron chi connectivity index (χ4n) is 4.32. The van der Waals surface area contributed by atoms with Crippen LogP contribution in [0, 0.1) is 17.0 Å². The van der Waals surface area contributed by atoms with Crippen molar-refractivity contribution < 1.29 is 19.5 Å². The van der Waals surface area contributed by atoms with Gasteiger partial charge in [-0.05, 0) is 36.8 Å². The van der Waals surface area contributed by atoms with Crippen LogP contribution in [0.5, 0.6) is 11.5 Å². The molecule has 0 radical (unpaired) electrons. The smallest absolute Gasteiger partial charge is 0.276 e. The van der Waals surface area contributed by atoms with Crippen LogP contribution in [0.4, 0.5) is 5.69 Å². The number of benzene rings is 2. The van der Waals surface area contributed by atoms with Crippen molar-refractivity contribution in [3.63, 3.8) is 0 Å². The molecule has 2 aromatic rings. The fourth-order valence-corrected chi connectivity index (χ4v) is 4.51. The monoisotopic (exact) mass is 432 g/mol. The zero-order valence-corrected chi connectivity index (χ0v) is 17.6. The highest BCUT2D eigenvalue weighted by atomic mass is 35.5. The van der Waals surface area contributed by atoms with Crippen molar-refractivity contribution in [2.45, 2.75) is 37.9 Å². The molecule has 0 aliphatic carbocycles. The first-order chi connectivity index (χ1) is 14.3. The summed E-state index contributed by atoms with van der Waals surface area (Å²) in [5.74, 6) is 1.35. The lowest BCUT2D eigenvalue weighted by Gasteiger charge is -2.39. The molecule has 0 saturated carbocycles. The van der Waals surface area contributed by atoms with Crippen molar-refractivity contribution in [1.82, 2.24) is 4.90 Å².